The van der Waals surface area contributed by atoms with Gasteiger partial charge in [0, 0.05) is 0 Å². The molecule has 1 atom stereocenters. The number of thiophene rings is 1. The van der Waals surface area contributed by atoms with Crippen molar-refractivity contribution in [2.45, 2.75) is 19.4 Å². The van der Waals surface area contributed by atoms with Gasteiger partial charge in [0.05, 0.1) is 9.90 Å². The van der Waals surface area contributed by atoms with E-state index >= 15 is 0 Å². The lowest BCUT2D eigenvalue weighted by Gasteiger charge is -2.13. The van der Waals surface area contributed by atoms with E-state index < -0.39 is 12.5 Å². The van der Waals surface area contributed by atoms with Gasteiger partial charge >= 0.3 is 6.36 Å². The Morgan fingerprint density at radius 3 is 2.60 bits per heavy atom. The minimum absolute atomic E-state index is 0.288. The summed E-state index contributed by atoms with van der Waals surface area (Å²) in [5, 5.41) is 12.4. The Hall–Kier alpha value is -1.24. The summed E-state index contributed by atoms with van der Waals surface area (Å²) >= 11 is 7.29. The van der Waals surface area contributed by atoms with Crippen molar-refractivity contribution in [3.63, 3.8) is 0 Å². The van der Waals surface area contributed by atoms with E-state index in [1.165, 1.54) is 29.5 Å². The van der Waals surface area contributed by atoms with Crippen LogP contribution in [0, 0.1) is 6.92 Å². The molecule has 0 saturated carbocycles. The van der Waals surface area contributed by atoms with Crippen LogP contribution in [0.15, 0.2) is 29.6 Å². The van der Waals surface area contributed by atoms with Gasteiger partial charge in [-0.2, -0.15) is 0 Å². The molecule has 0 amide bonds. The van der Waals surface area contributed by atoms with E-state index in [0.717, 1.165) is 11.6 Å². The van der Waals surface area contributed by atoms with Crippen LogP contribution in [0.5, 0.6) is 5.75 Å². The molecule has 7 heteroatoms. The van der Waals surface area contributed by atoms with Crippen LogP contribution in [-0.2, 0) is 0 Å². The molecule has 1 aromatic carbocycles. The van der Waals surface area contributed by atoms with Crippen molar-refractivity contribution in [1.82, 2.24) is 0 Å². The van der Waals surface area contributed by atoms with Crippen LogP contribution in [0.25, 0.3) is 0 Å². The predicted octanol–water partition coefficient (Wildman–Crippen LogP) is 4.69. The largest absolute Gasteiger partial charge is 0.573 e. The molecule has 108 valence electrons. The van der Waals surface area contributed by atoms with Gasteiger partial charge in [-0.3, -0.25) is 0 Å². The zero-order valence-corrected chi connectivity index (χ0v) is 11.8. The summed E-state index contributed by atoms with van der Waals surface area (Å²) in [6.45, 7) is 1.79. The molecule has 0 saturated heterocycles. The second-order valence-electron chi connectivity index (χ2n) is 4.12. The average Bonchev–Trinajstić information content (AvgIpc) is 2.67. The molecule has 2 rings (SSSR count). The third-order valence-electron chi connectivity index (χ3n) is 2.58. The highest BCUT2D eigenvalue weighted by molar-refractivity contribution is 7.10. The van der Waals surface area contributed by atoms with Crippen LogP contribution >= 0.6 is 22.9 Å². The van der Waals surface area contributed by atoms with Gasteiger partial charge in [0.2, 0.25) is 0 Å². The summed E-state index contributed by atoms with van der Waals surface area (Å²) < 4.78 is 40.3. The maximum Gasteiger partial charge on any atom is 0.573 e. The van der Waals surface area contributed by atoms with Gasteiger partial charge in [0.15, 0.2) is 0 Å². The number of benzene rings is 1. The topological polar surface area (TPSA) is 29.5 Å². The summed E-state index contributed by atoms with van der Waals surface area (Å²) in [5.41, 5.74) is 1.10. The van der Waals surface area contributed by atoms with Crippen molar-refractivity contribution in [3.8, 4) is 5.75 Å². The first-order valence-electron chi connectivity index (χ1n) is 5.55. The van der Waals surface area contributed by atoms with Crippen LogP contribution in [0.1, 0.15) is 22.1 Å². The Morgan fingerprint density at radius 2 is 2.05 bits per heavy atom. The summed E-state index contributed by atoms with van der Waals surface area (Å²) in [4.78, 5) is 0.494. The lowest BCUT2D eigenvalue weighted by molar-refractivity contribution is -0.274. The van der Waals surface area contributed by atoms with Crippen LogP contribution in [0.3, 0.4) is 0 Å². The number of aliphatic hydroxyl groups excluding tert-OH is 1. The number of rotatable bonds is 3. The molecule has 1 N–H and O–H groups in total. The van der Waals surface area contributed by atoms with Crippen LogP contribution < -0.4 is 4.74 Å². The Labute approximate surface area is 122 Å². The van der Waals surface area contributed by atoms with E-state index in [2.05, 4.69) is 4.74 Å². The SMILES string of the molecule is Cc1csc(C(O)c2cccc(OC(F)(F)F)c2)c1Cl. The molecule has 2 aromatic rings. The number of alkyl halides is 3. The Balaban J connectivity index is 2.29. The quantitative estimate of drug-likeness (QED) is 0.888. The third-order valence-corrected chi connectivity index (χ3v) is 4.35. The summed E-state index contributed by atoms with van der Waals surface area (Å²) in [6, 6.07) is 5.21. The minimum atomic E-state index is -4.76. The van der Waals surface area contributed by atoms with Gasteiger partial charge in [-0.15, -0.1) is 24.5 Å². The first kappa shape index (κ1) is 15.2. The molecule has 0 fully saturated rings. The van der Waals surface area contributed by atoms with Gasteiger partial charge < -0.3 is 9.84 Å². The fraction of sp³-hybridized carbons (Fsp3) is 0.231. The molecule has 1 heterocycles. The molecule has 0 aliphatic heterocycles. The lowest BCUT2D eigenvalue weighted by atomic mass is 10.1. The van der Waals surface area contributed by atoms with E-state index in [9.17, 15) is 18.3 Å². The average molecular weight is 323 g/mol. The Bertz CT molecular complexity index is 610. The molecule has 0 spiro atoms. The van der Waals surface area contributed by atoms with Crippen LogP contribution in [0.2, 0.25) is 5.02 Å². The van der Waals surface area contributed by atoms with Crippen LogP contribution in [-0.4, -0.2) is 11.5 Å². The number of aliphatic hydroxyl groups is 1. The standard InChI is InChI=1S/C13H10ClF3O2S/c1-7-6-20-12(10(7)14)11(18)8-3-2-4-9(5-8)19-13(15,16)17/h2-6,11,18H,1H3. The van der Waals surface area contributed by atoms with Gasteiger partial charge in [-0.05, 0) is 35.6 Å². The van der Waals surface area contributed by atoms with Crippen molar-refractivity contribution in [2.75, 3.05) is 0 Å². The number of halogens is 4. The van der Waals surface area contributed by atoms with Crippen LogP contribution in [0.4, 0.5) is 13.2 Å². The molecule has 0 bridgehead atoms. The first-order chi connectivity index (χ1) is 9.28. The van der Waals surface area contributed by atoms with Crippen molar-refractivity contribution in [1.29, 1.82) is 0 Å². The summed E-state index contributed by atoms with van der Waals surface area (Å²) in [6.07, 6.45) is -5.85. The smallest absolute Gasteiger partial charge is 0.406 e. The maximum atomic E-state index is 12.2. The Kier molecular flexibility index (Phi) is 4.27. The van der Waals surface area contributed by atoms with E-state index in [1.807, 2.05) is 0 Å². The van der Waals surface area contributed by atoms with Crippen molar-refractivity contribution >= 4 is 22.9 Å². The third kappa shape index (κ3) is 3.45. The molecule has 1 aromatic heterocycles. The molecule has 20 heavy (non-hydrogen) atoms. The minimum Gasteiger partial charge on any atom is -0.406 e. The Morgan fingerprint density at radius 1 is 1.35 bits per heavy atom. The highest BCUT2D eigenvalue weighted by Crippen LogP contribution is 2.36. The molecular weight excluding hydrogens is 313 g/mol. The predicted molar refractivity (Wildman–Crippen MR) is 71.3 cm³/mol. The van der Waals surface area contributed by atoms with E-state index in [0.29, 0.717) is 9.90 Å². The molecule has 0 radical (unpaired) electrons. The normalized spacial score (nSPS) is 13.3. The van der Waals surface area contributed by atoms with Gasteiger partial charge in [0.1, 0.15) is 11.9 Å². The summed E-state index contributed by atoms with van der Waals surface area (Å²) in [7, 11) is 0. The molecule has 0 aliphatic carbocycles. The first-order valence-corrected chi connectivity index (χ1v) is 6.81. The molecular formula is C13H10ClF3O2S. The van der Waals surface area contributed by atoms with E-state index in [1.54, 1.807) is 12.3 Å². The number of hydrogen-bond acceptors (Lipinski definition) is 3. The van der Waals surface area contributed by atoms with Crippen molar-refractivity contribution < 1.29 is 23.0 Å². The fourth-order valence-corrected chi connectivity index (χ4v) is 2.97. The molecule has 2 nitrogen and oxygen atoms in total. The van der Waals surface area contributed by atoms with Gasteiger partial charge in [-0.1, -0.05) is 23.7 Å². The highest BCUT2D eigenvalue weighted by atomic mass is 35.5. The maximum absolute atomic E-state index is 12.2. The van der Waals surface area contributed by atoms with Gasteiger partial charge in [-0.25, -0.2) is 0 Å². The van der Waals surface area contributed by atoms with E-state index in [4.69, 9.17) is 11.6 Å². The second-order valence-corrected chi connectivity index (χ2v) is 5.41. The second kappa shape index (κ2) is 5.63. The van der Waals surface area contributed by atoms with Crippen molar-refractivity contribution in [3.05, 3.63) is 50.7 Å². The highest BCUT2D eigenvalue weighted by Gasteiger charge is 2.31. The summed E-state index contributed by atoms with van der Waals surface area (Å²) in [5.74, 6) is -0.376. The van der Waals surface area contributed by atoms with Gasteiger partial charge in [0.25, 0.3) is 0 Å². The molecule has 0 aliphatic rings. The lowest BCUT2D eigenvalue weighted by Crippen LogP contribution is -2.17. The zero-order chi connectivity index (χ0) is 14.9. The number of hydrogen-bond donors (Lipinski definition) is 1. The number of ether oxygens (including phenoxy) is 1. The van der Waals surface area contributed by atoms with E-state index in [-0.39, 0.29) is 11.3 Å². The fourth-order valence-electron chi connectivity index (χ4n) is 1.67. The van der Waals surface area contributed by atoms with Crippen molar-refractivity contribution in [2.24, 2.45) is 0 Å². The molecule has 1 unspecified atom stereocenters. The monoisotopic (exact) mass is 322 g/mol. The zero-order valence-electron chi connectivity index (χ0n) is 10.2. The number of aryl methyl sites for hydroxylation is 1.